The van der Waals surface area contributed by atoms with Crippen LogP contribution in [0.15, 0.2) is 19.2 Å². The summed E-state index contributed by atoms with van der Waals surface area (Å²) in [7, 11) is 2.99. The number of aliphatic imine (C=N–C) groups is 2. The number of rotatable bonds is 2. The molecule has 1 aromatic rings. The van der Waals surface area contributed by atoms with Gasteiger partial charge in [-0.05, 0) is 13.8 Å². The molecule has 0 amide bonds. The molecule has 0 saturated heterocycles. The first-order valence-corrected chi connectivity index (χ1v) is 4.90. The van der Waals surface area contributed by atoms with E-state index in [0.29, 0.717) is 11.4 Å². The third-order valence-corrected chi connectivity index (χ3v) is 2.48. The van der Waals surface area contributed by atoms with E-state index in [2.05, 4.69) is 14.4 Å². The molecule has 0 aliphatic rings. The third-order valence-electron chi connectivity index (χ3n) is 2.48. The fourth-order valence-electron chi connectivity index (χ4n) is 1.38. The number of hydrogen-bond donors (Lipinski definition) is 2. The molecule has 2 N–H and O–H groups in total. The van der Waals surface area contributed by atoms with Gasteiger partial charge in [-0.1, -0.05) is 0 Å². The Morgan fingerprint density at radius 3 is 2.00 bits per heavy atom. The van der Waals surface area contributed by atoms with Gasteiger partial charge in [-0.2, -0.15) is 0 Å². The van der Waals surface area contributed by atoms with Crippen LogP contribution in [0.4, 0.5) is 0 Å². The molecule has 0 bridgehead atoms. The first-order valence-electron chi connectivity index (χ1n) is 4.90. The Morgan fingerprint density at radius 1 is 1.06 bits per heavy atom. The van der Waals surface area contributed by atoms with Gasteiger partial charge >= 0.3 is 5.63 Å². The molecule has 0 radical (unpaired) electrons. The molecular formula is C11H14N2O4. The fraction of sp³-hybridized carbons (Fsp3) is 0.364. The smallest absolute Gasteiger partial charge is 0.351 e. The Hall–Kier alpha value is -2.11. The van der Waals surface area contributed by atoms with Crippen molar-refractivity contribution in [3.8, 4) is 11.7 Å². The van der Waals surface area contributed by atoms with E-state index in [1.54, 1.807) is 13.8 Å². The Balaban J connectivity index is 3.72. The average molecular weight is 238 g/mol. The molecule has 0 aliphatic heterocycles. The first kappa shape index (κ1) is 13.0. The standard InChI is InChI=1S/C11H14N2O4/c1-5(12-3)7-9(14)8(6(2)13-4)11(16)17-10(7)15/h14-15H,1-4H3. The number of nitrogens with zero attached hydrogens (tertiary/aromatic N) is 2. The molecule has 1 rings (SSSR count). The van der Waals surface area contributed by atoms with E-state index in [4.69, 9.17) is 0 Å². The van der Waals surface area contributed by atoms with Crippen molar-refractivity contribution in [1.82, 2.24) is 0 Å². The Labute approximate surface area is 98.0 Å². The molecule has 0 fully saturated rings. The van der Waals surface area contributed by atoms with Crippen molar-refractivity contribution >= 4 is 11.4 Å². The van der Waals surface area contributed by atoms with E-state index in [-0.39, 0.29) is 16.9 Å². The highest BCUT2D eigenvalue weighted by atomic mass is 16.5. The lowest BCUT2D eigenvalue weighted by Crippen LogP contribution is -2.15. The molecule has 0 spiro atoms. The van der Waals surface area contributed by atoms with Gasteiger partial charge in [0.05, 0.1) is 0 Å². The van der Waals surface area contributed by atoms with Gasteiger partial charge in [0.25, 0.3) is 5.95 Å². The van der Waals surface area contributed by atoms with Crippen molar-refractivity contribution in [1.29, 1.82) is 0 Å². The third kappa shape index (κ3) is 2.20. The molecule has 17 heavy (non-hydrogen) atoms. The van der Waals surface area contributed by atoms with Crippen molar-refractivity contribution in [2.75, 3.05) is 14.1 Å². The predicted octanol–water partition coefficient (Wildman–Crippen LogP) is 0.929. The molecule has 0 aliphatic carbocycles. The highest BCUT2D eigenvalue weighted by Gasteiger charge is 2.22. The predicted molar refractivity (Wildman–Crippen MR) is 64.6 cm³/mol. The SMILES string of the molecule is CN=C(C)c1c(O)oc(=O)c(C(C)=NC)c1O. The normalized spacial score (nSPS) is 12.9. The maximum atomic E-state index is 11.5. The molecule has 92 valence electrons. The Kier molecular flexibility index (Phi) is 3.67. The van der Waals surface area contributed by atoms with Crippen LogP contribution in [0.1, 0.15) is 25.0 Å². The van der Waals surface area contributed by atoms with Crippen molar-refractivity contribution < 1.29 is 14.6 Å². The van der Waals surface area contributed by atoms with Crippen LogP contribution in [-0.4, -0.2) is 35.7 Å². The average Bonchev–Trinajstić information content (AvgIpc) is 2.27. The largest absolute Gasteiger partial charge is 0.506 e. The van der Waals surface area contributed by atoms with Gasteiger partial charge in [-0.25, -0.2) is 4.79 Å². The Bertz CT molecular complexity index is 555. The van der Waals surface area contributed by atoms with E-state index in [9.17, 15) is 15.0 Å². The van der Waals surface area contributed by atoms with E-state index in [1.807, 2.05) is 0 Å². The number of aromatic hydroxyl groups is 2. The minimum absolute atomic E-state index is 0.00472. The van der Waals surface area contributed by atoms with E-state index >= 15 is 0 Å². The van der Waals surface area contributed by atoms with Gasteiger partial charge in [-0.15, -0.1) is 0 Å². The van der Waals surface area contributed by atoms with Gasteiger partial charge in [-0.3, -0.25) is 9.98 Å². The molecule has 0 aromatic carbocycles. The van der Waals surface area contributed by atoms with Crippen LogP contribution < -0.4 is 5.63 Å². The van der Waals surface area contributed by atoms with Crippen molar-refractivity contribution in [3.63, 3.8) is 0 Å². The summed E-state index contributed by atoms with van der Waals surface area (Å²) in [4.78, 5) is 19.2. The highest BCUT2D eigenvalue weighted by Crippen LogP contribution is 2.28. The van der Waals surface area contributed by atoms with Crippen molar-refractivity contribution in [2.24, 2.45) is 9.98 Å². The molecule has 6 heteroatoms. The second-order valence-corrected chi connectivity index (χ2v) is 3.41. The first-order chi connectivity index (χ1) is 7.93. The summed E-state index contributed by atoms with van der Waals surface area (Å²) >= 11 is 0. The minimum atomic E-state index is -0.837. The summed E-state index contributed by atoms with van der Waals surface area (Å²) < 4.78 is 4.64. The summed E-state index contributed by atoms with van der Waals surface area (Å²) in [6.07, 6.45) is 0. The van der Waals surface area contributed by atoms with Crippen molar-refractivity contribution in [3.05, 3.63) is 21.5 Å². The van der Waals surface area contributed by atoms with Crippen LogP contribution in [-0.2, 0) is 0 Å². The topological polar surface area (TPSA) is 95.4 Å². The zero-order valence-corrected chi connectivity index (χ0v) is 10.1. The number of hydrogen-bond acceptors (Lipinski definition) is 6. The summed E-state index contributed by atoms with van der Waals surface area (Å²) in [5.74, 6) is -1.02. The summed E-state index contributed by atoms with van der Waals surface area (Å²) in [6, 6.07) is 0. The lowest BCUT2D eigenvalue weighted by atomic mass is 10.1. The van der Waals surface area contributed by atoms with Crippen molar-refractivity contribution in [2.45, 2.75) is 13.8 Å². The zero-order valence-electron chi connectivity index (χ0n) is 10.1. The second kappa shape index (κ2) is 4.82. The summed E-state index contributed by atoms with van der Waals surface area (Å²) in [6.45, 7) is 3.14. The fourth-order valence-corrected chi connectivity index (χ4v) is 1.38. The van der Waals surface area contributed by atoms with Crippen LogP contribution in [0.5, 0.6) is 11.7 Å². The Morgan fingerprint density at radius 2 is 1.53 bits per heavy atom. The summed E-state index contributed by atoms with van der Waals surface area (Å²) in [5, 5.41) is 19.5. The van der Waals surface area contributed by atoms with Gasteiger partial charge in [0.15, 0.2) is 0 Å². The van der Waals surface area contributed by atoms with E-state index < -0.39 is 11.6 Å². The van der Waals surface area contributed by atoms with Gasteiger partial charge in [0.1, 0.15) is 16.9 Å². The van der Waals surface area contributed by atoms with Crippen LogP contribution in [0.25, 0.3) is 0 Å². The highest BCUT2D eigenvalue weighted by molar-refractivity contribution is 6.08. The van der Waals surface area contributed by atoms with Gasteiger partial charge < -0.3 is 14.6 Å². The monoisotopic (exact) mass is 238 g/mol. The zero-order chi connectivity index (χ0) is 13.2. The lowest BCUT2D eigenvalue weighted by molar-refractivity contribution is 0.301. The molecular weight excluding hydrogens is 224 g/mol. The molecule has 1 heterocycles. The van der Waals surface area contributed by atoms with Gasteiger partial charge in [0, 0.05) is 25.5 Å². The molecule has 0 atom stereocenters. The molecule has 6 nitrogen and oxygen atoms in total. The second-order valence-electron chi connectivity index (χ2n) is 3.41. The maximum Gasteiger partial charge on any atom is 0.351 e. The summed E-state index contributed by atoms with van der Waals surface area (Å²) in [5.41, 5.74) is -0.223. The molecule has 0 saturated carbocycles. The van der Waals surface area contributed by atoms with Crippen LogP contribution in [0.3, 0.4) is 0 Å². The van der Waals surface area contributed by atoms with Crippen LogP contribution in [0, 0.1) is 0 Å². The van der Waals surface area contributed by atoms with Crippen LogP contribution >= 0.6 is 0 Å². The van der Waals surface area contributed by atoms with E-state index in [0.717, 1.165) is 0 Å². The molecule has 1 aromatic heterocycles. The van der Waals surface area contributed by atoms with E-state index in [1.165, 1.54) is 14.1 Å². The maximum absolute atomic E-state index is 11.5. The lowest BCUT2D eigenvalue weighted by Gasteiger charge is -2.08. The van der Waals surface area contributed by atoms with Gasteiger partial charge in [0.2, 0.25) is 0 Å². The van der Waals surface area contributed by atoms with Crippen LogP contribution in [0.2, 0.25) is 0 Å². The molecule has 0 unspecified atom stereocenters. The minimum Gasteiger partial charge on any atom is -0.506 e. The quantitative estimate of drug-likeness (QED) is 0.749.